The summed E-state index contributed by atoms with van der Waals surface area (Å²) in [5.74, 6) is 0.352. The first kappa shape index (κ1) is 20.6. The number of hydrogen-bond donors (Lipinski definition) is 0. The molecule has 1 heteroatoms. The van der Waals surface area contributed by atoms with Gasteiger partial charge < -0.3 is 4.90 Å². The van der Waals surface area contributed by atoms with Crippen LogP contribution in [0.1, 0.15) is 11.5 Å². The highest BCUT2D eigenvalue weighted by Gasteiger charge is 2.37. The molecule has 0 bridgehead atoms. The van der Waals surface area contributed by atoms with Gasteiger partial charge in [0, 0.05) is 17.3 Å². The van der Waals surface area contributed by atoms with E-state index in [1.54, 1.807) is 0 Å². The van der Waals surface area contributed by atoms with Crippen molar-refractivity contribution in [3.05, 3.63) is 145 Å². The van der Waals surface area contributed by atoms with E-state index in [2.05, 4.69) is 144 Å². The Morgan fingerprint density at radius 2 is 1.03 bits per heavy atom. The molecule has 0 saturated carbocycles. The fourth-order valence-electron chi connectivity index (χ4n) is 6.50. The van der Waals surface area contributed by atoms with Crippen LogP contribution in [0.25, 0.3) is 43.4 Å². The first-order valence-corrected chi connectivity index (χ1v) is 13.0. The molecule has 2 atom stereocenters. The minimum absolute atomic E-state index is 0.310. The monoisotopic (exact) mass is 471 g/mol. The maximum atomic E-state index is 2.49. The van der Waals surface area contributed by atoms with Gasteiger partial charge in [0.05, 0.1) is 6.04 Å². The van der Waals surface area contributed by atoms with Crippen LogP contribution in [0.3, 0.4) is 0 Å². The Morgan fingerprint density at radius 3 is 1.76 bits per heavy atom. The molecule has 2 aliphatic rings. The van der Waals surface area contributed by atoms with Crippen LogP contribution >= 0.6 is 0 Å². The van der Waals surface area contributed by atoms with Gasteiger partial charge in [-0.3, -0.25) is 0 Å². The highest BCUT2D eigenvalue weighted by atomic mass is 15.2. The Kier molecular flexibility index (Phi) is 4.41. The van der Waals surface area contributed by atoms with Crippen LogP contribution in [0, 0.1) is 0 Å². The fraction of sp³-hybridized carbons (Fsp3) is 0.0556. The van der Waals surface area contributed by atoms with Crippen molar-refractivity contribution in [2.45, 2.75) is 12.0 Å². The van der Waals surface area contributed by atoms with Gasteiger partial charge in [-0.1, -0.05) is 109 Å². The van der Waals surface area contributed by atoms with Gasteiger partial charge in [-0.25, -0.2) is 0 Å². The molecule has 6 aromatic rings. The van der Waals surface area contributed by atoms with Crippen LogP contribution in [0.5, 0.6) is 0 Å². The van der Waals surface area contributed by atoms with Crippen LogP contribution in [0.15, 0.2) is 140 Å². The molecule has 0 fully saturated rings. The van der Waals surface area contributed by atoms with Crippen LogP contribution in [-0.2, 0) is 0 Å². The Balaban J connectivity index is 1.32. The minimum atomic E-state index is 0.310. The van der Waals surface area contributed by atoms with Gasteiger partial charge in [0.1, 0.15) is 0 Å². The lowest BCUT2D eigenvalue weighted by Crippen LogP contribution is -2.28. The maximum Gasteiger partial charge on any atom is 0.0629 e. The van der Waals surface area contributed by atoms with Crippen molar-refractivity contribution < 1.29 is 0 Å². The molecule has 174 valence electrons. The summed E-state index contributed by atoms with van der Waals surface area (Å²) < 4.78 is 0. The van der Waals surface area contributed by atoms with Gasteiger partial charge in [0.2, 0.25) is 0 Å². The van der Waals surface area contributed by atoms with E-state index >= 15 is 0 Å². The van der Waals surface area contributed by atoms with Crippen molar-refractivity contribution in [1.82, 2.24) is 0 Å². The number of hydrogen-bond acceptors (Lipinski definition) is 1. The van der Waals surface area contributed by atoms with E-state index in [0.29, 0.717) is 12.0 Å². The van der Waals surface area contributed by atoms with E-state index in [4.69, 9.17) is 0 Å². The lowest BCUT2D eigenvalue weighted by molar-refractivity contribution is 0.745. The summed E-state index contributed by atoms with van der Waals surface area (Å²) in [6.07, 6.45) is 9.07. The first-order valence-electron chi connectivity index (χ1n) is 13.0. The Labute approximate surface area is 216 Å². The largest absolute Gasteiger partial charge is 0.333 e. The number of fused-ring (bicyclic) bond motifs is 9. The molecule has 0 spiro atoms. The summed E-state index contributed by atoms with van der Waals surface area (Å²) in [6.45, 7) is 0. The quantitative estimate of drug-likeness (QED) is 0.227. The van der Waals surface area contributed by atoms with E-state index in [1.807, 2.05) is 0 Å². The topological polar surface area (TPSA) is 3.24 Å². The van der Waals surface area contributed by atoms with Gasteiger partial charge in [0.15, 0.2) is 0 Å². The third-order valence-electron chi connectivity index (χ3n) is 8.16. The van der Waals surface area contributed by atoms with Gasteiger partial charge in [-0.05, 0) is 79.3 Å². The lowest BCUT2D eigenvalue weighted by atomic mass is 9.88. The molecule has 1 aliphatic carbocycles. The molecule has 0 radical (unpaired) electrons. The second-order valence-corrected chi connectivity index (χ2v) is 10.1. The van der Waals surface area contributed by atoms with Crippen molar-refractivity contribution in [3.8, 4) is 11.1 Å². The fourth-order valence-corrected chi connectivity index (χ4v) is 6.50. The van der Waals surface area contributed by atoms with Crippen molar-refractivity contribution in [2.75, 3.05) is 4.90 Å². The number of rotatable bonds is 2. The van der Waals surface area contributed by atoms with Crippen LogP contribution in [0.4, 0.5) is 11.4 Å². The Bertz CT molecular complexity index is 1860. The second-order valence-electron chi connectivity index (χ2n) is 10.1. The van der Waals surface area contributed by atoms with E-state index in [-0.39, 0.29) is 0 Å². The first-order chi connectivity index (χ1) is 18.4. The highest BCUT2D eigenvalue weighted by molar-refractivity contribution is 6.25. The normalized spacial score (nSPS) is 18.0. The number of allylic oxidation sites excluding steroid dienone is 2. The van der Waals surface area contributed by atoms with E-state index in [0.717, 1.165) is 0 Å². The predicted molar refractivity (Wildman–Crippen MR) is 158 cm³/mol. The zero-order chi connectivity index (χ0) is 24.3. The average Bonchev–Trinajstić information content (AvgIpc) is 3.31. The molecule has 1 aliphatic heterocycles. The lowest BCUT2D eigenvalue weighted by Gasteiger charge is -2.28. The van der Waals surface area contributed by atoms with Gasteiger partial charge >= 0.3 is 0 Å². The molecule has 37 heavy (non-hydrogen) atoms. The van der Waals surface area contributed by atoms with E-state index in [1.165, 1.54) is 60.4 Å². The van der Waals surface area contributed by atoms with Gasteiger partial charge in [0.25, 0.3) is 0 Å². The van der Waals surface area contributed by atoms with Crippen LogP contribution < -0.4 is 4.90 Å². The molecule has 8 rings (SSSR count). The molecule has 2 unspecified atom stereocenters. The third-order valence-corrected chi connectivity index (χ3v) is 8.16. The third kappa shape index (κ3) is 3.04. The summed E-state index contributed by atoms with van der Waals surface area (Å²) in [6, 6.07) is 42.7. The summed E-state index contributed by atoms with van der Waals surface area (Å²) in [7, 11) is 0. The van der Waals surface area contributed by atoms with Gasteiger partial charge in [-0.2, -0.15) is 0 Å². The maximum absolute atomic E-state index is 2.49. The number of para-hydroxylation sites is 1. The zero-order valence-electron chi connectivity index (χ0n) is 20.4. The molecule has 0 saturated heterocycles. The number of anilines is 2. The molecular formula is C36H25N. The van der Waals surface area contributed by atoms with Crippen molar-refractivity contribution in [2.24, 2.45) is 0 Å². The second kappa shape index (κ2) is 7.94. The number of nitrogens with zero attached hydrogens (tertiary/aromatic N) is 1. The van der Waals surface area contributed by atoms with Crippen molar-refractivity contribution in [3.63, 3.8) is 0 Å². The van der Waals surface area contributed by atoms with Gasteiger partial charge in [-0.15, -0.1) is 0 Å². The summed E-state index contributed by atoms with van der Waals surface area (Å²) in [5.41, 5.74) is 6.48. The standard InChI is InChI=1S/C36H25N/c1-2-10-26(11-3-1)37-35-17-9-8-16-32(35)34-23-25(19-21-36(34)37)24-18-20-31-29-14-5-4-12-27(29)28-13-6-7-15-30(28)33(31)22-24/h1-23,32,35H. The zero-order valence-corrected chi connectivity index (χ0v) is 20.4. The Morgan fingerprint density at radius 1 is 0.459 bits per heavy atom. The van der Waals surface area contributed by atoms with Crippen LogP contribution in [-0.4, -0.2) is 6.04 Å². The SMILES string of the molecule is C1=CC2c3cc(-c4ccc5c6ccccc6c6ccccc6c5c4)ccc3N(c3ccccc3)C2C=C1. The summed E-state index contributed by atoms with van der Waals surface area (Å²) >= 11 is 0. The summed E-state index contributed by atoms with van der Waals surface area (Å²) in [4.78, 5) is 2.49. The molecular weight excluding hydrogens is 446 g/mol. The molecule has 1 heterocycles. The Hall–Kier alpha value is -4.62. The van der Waals surface area contributed by atoms with E-state index < -0.39 is 0 Å². The average molecular weight is 472 g/mol. The van der Waals surface area contributed by atoms with Crippen LogP contribution in [0.2, 0.25) is 0 Å². The molecule has 0 amide bonds. The highest BCUT2D eigenvalue weighted by Crippen LogP contribution is 2.49. The molecule has 6 aromatic carbocycles. The molecule has 0 N–H and O–H groups in total. The number of benzene rings is 6. The summed E-state index contributed by atoms with van der Waals surface area (Å²) in [5, 5.41) is 7.90. The minimum Gasteiger partial charge on any atom is -0.333 e. The van der Waals surface area contributed by atoms with Crippen molar-refractivity contribution >= 4 is 43.7 Å². The smallest absolute Gasteiger partial charge is 0.0629 e. The van der Waals surface area contributed by atoms with Crippen molar-refractivity contribution in [1.29, 1.82) is 0 Å². The molecule has 1 nitrogen and oxygen atoms in total. The molecule has 0 aromatic heterocycles. The van der Waals surface area contributed by atoms with E-state index in [9.17, 15) is 0 Å². The predicted octanol–water partition coefficient (Wildman–Crippen LogP) is 9.54.